The van der Waals surface area contributed by atoms with Gasteiger partial charge in [0.2, 0.25) is 5.91 Å². The molecule has 0 aliphatic carbocycles. The lowest BCUT2D eigenvalue weighted by Crippen LogP contribution is -2.38. The van der Waals surface area contributed by atoms with Gasteiger partial charge in [0.25, 0.3) is 5.91 Å². The van der Waals surface area contributed by atoms with Gasteiger partial charge in [0.15, 0.2) is 0 Å². The van der Waals surface area contributed by atoms with E-state index in [0.29, 0.717) is 43.7 Å². The molecule has 1 fully saturated rings. The molecule has 0 aromatic heterocycles. The lowest BCUT2D eigenvalue weighted by molar-refractivity contribution is -0.130. The Morgan fingerprint density at radius 2 is 1.54 bits per heavy atom. The first kappa shape index (κ1) is 18.0. The van der Waals surface area contributed by atoms with Crippen LogP contribution in [0.3, 0.4) is 0 Å². The van der Waals surface area contributed by atoms with Crippen LogP contribution < -0.4 is 0 Å². The van der Waals surface area contributed by atoms with Crippen LogP contribution in [0.4, 0.5) is 8.78 Å². The summed E-state index contributed by atoms with van der Waals surface area (Å²) in [6, 6.07) is 11.5. The normalized spacial score (nSPS) is 14.8. The van der Waals surface area contributed by atoms with Crippen LogP contribution in [-0.4, -0.2) is 47.8 Å². The van der Waals surface area contributed by atoms with Crippen molar-refractivity contribution in [1.29, 1.82) is 0 Å². The number of nitrogens with zero attached hydrogens (tertiary/aromatic N) is 2. The average molecular weight is 358 g/mol. The molecule has 2 aromatic carbocycles. The van der Waals surface area contributed by atoms with E-state index < -0.39 is 0 Å². The minimum Gasteiger partial charge on any atom is -0.341 e. The van der Waals surface area contributed by atoms with Gasteiger partial charge >= 0.3 is 0 Å². The number of hydrogen-bond donors (Lipinski definition) is 0. The molecular formula is C20H20F2N2O2. The predicted octanol–water partition coefficient (Wildman–Crippen LogP) is 2.88. The average Bonchev–Trinajstić information content (AvgIpc) is 2.88. The fourth-order valence-electron chi connectivity index (χ4n) is 3.08. The molecule has 1 aliphatic heterocycles. The Balaban J connectivity index is 1.59. The van der Waals surface area contributed by atoms with Gasteiger partial charge in [-0.05, 0) is 48.4 Å². The van der Waals surface area contributed by atoms with Gasteiger partial charge in [-0.2, -0.15) is 0 Å². The SMILES string of the molecule is O=C(Cc1cccc(F)c1)N1CCCN(C(=O)c2ccc(F)cc2)CC1. The highest BCUT2D eigenvalue weighted by molar-refractivity contribution is 5.94. The van der Waals surface area contributed by atoms with Gasteiger partial charge in [0, 0.05) is 31.7 Å². The summed E-state index contributed by atoms with van der Waals surface area (Å²) in [7, 11) is 0. The fourth-order valence-corrected chi connectivity index (χ4v) is 3.08. The predicted molar refractivity (Wildman–Crippen MR) is 93.6 cm³/mol. The highest BCUT2D eigenvalue weighted by atomic mass is 19.1. The van der Waals surface area contributed by atoms with Crippen LogP contribution in [0, 0.1) is 11.6 Å². The van der Waals surface area contributed by atoms with E-state index in [1.54, 1.807) is 21.9 Å². The highest BCUT2D eigenvalue weighted by Gasteiger charge is 2.23. The number of rotatable bonds is 3. The minimum absolute atomic E-state index is 0.0771. The van der Waals surface area contributed by atoms with E-state index in [1.165, 1.54) is 36.4 Å². The number of amides is 2. The number of halogens is 2. The molecule has 1 aliphatic rings. The molecule has 1 heterocycles. The van der Waals surface area contributed by atoms with Crippen molar-refractivity contribution in [2.45, 2.75) is 12.8 Å². The molecule has 26 heavy (non-hydrogen) atoms. The molecule has 0 radical (unpaired) electrons. The first-order chi connectivity index (χ1) is 12.5. The molecule has 6 heteroatoms. The first-order valence-corrected chi connectivity index (χ1v) is 8.60. The second-order valence-electron chi connectivity index (χ2n) is 6.34. The van der Waals surface area contributed by atoms with Crippen molar-refractivity contribution in [1.82, 2.24) is 9.80 Å². The lowest BCUT2D eigenvalue weighted by Gasteiger charge is -2.22. The van der Waals surface area contributed by atoms with E-state index >= 15 is 0 Å². The minimum atomic E-state index is -0.383. The van der Waals surface area contributed by atoms with Gasteiger partial charge < -0.3 is 9.80 Å². The zero-order chi connectivity index (χ0) is 18.5. The summed E-state index contributed by atoms with van der Waals surface area (Å²) in [6.07, 6.45) is 0.811. The smallest absolute Gasteiger partial charge is 0.253 e. The Morgan fingerprint density at radius 3 is 2.27 bits per heavy atom. The van der Waals surface area contributed by atoms with Crippen LogP contribution in [0.1, 0.15) is 22.3 Å². The fraction of sp³-hybridized carbons (Fsp3) is 0.300. The Hall–Kier alpha value is -2.76. The summed E-state index contributed by atoms with van der Waals surface area (Å²) >= 11 is 0. The van der Waals surface area contributed by atoms with Crippen molar-refractivity contribution < 1.29 is 18.4 Å². The molecule has 2 amide bonds. The summed E-state index contributed by atoms with van der Waals surface area (Å²) < 4.78 is 26.3. The van der Waals surface area contributed by atoms with Crippen molar-refractivity contribution in [3.8, 4) is 0 Å². The molecule has 4 nitrogen and oxygen atoms in total. The third-order valence-corrected chi connectivity index (χ3v) is 4.47. The standard InChI is InChI=1S/C20H20F2N2O2/c21-17-7-5-16(6-8-17)20(26)24-10-2-9-23(11-12-24)19(25)14-15-3-1-4-18(22)13-15/h1,3-8,13H,2,9-12,14H2. The van der Waals surface area contributed by atoms with Crippen molar-refractivity contribution >= 4 is 11.8 Å². The zero-order valence-corrected chi connectivity index (χ0v) is 14.3. The van der Waals surface area contributed by atoms with Gasteiger partial charge in [-0.3, -0.25) is 9.59 Å². The topological polar surface area (TPSA) is 40.6 Å². The van der Waals surface area contributed by atoms with Gasteiger partial charge in [0.05, 0.1) is 6.42 Å². The summed E-state index contributed by atoms with van der Waals surface area (Å²) in [4.78, 5) is 28.4. The summed E-state index contributed by atoms with van der Waals surface area (Å²) in [5.41, 5.74) is 1.07. The van der Waals surface area contributed by atoms with Crippen LogP contribution in [0.2, 0.25) is 0 Å². The number of benzene rings is 2. The van der Waals surface area contributed by atoms with Crippen LogP contribution >= 0.6 is 0 Å². The first-order valence-electron chi connectivity index (χ1n) is 8.60. The van der Waals surface area contributed by atoms with Crippen molar-refractivity contribution in [3.05, 3.63) is 71.3 Å². The number of carbonyl (C=O) groups is 2. The number of hydrogen-bond acceptors (Lipinski definition) is 2. The van der Waals surface area contributed by atoms with Crippen molar-refractivity contribution in [3.63, 3.8) is 0 Å². The van der Waals surface area contributed by atoms with E-state index in [2.05, 4.69) is 0 Å². The molecule has 3 rings (SSSR count). The van der Waals surface area contributed by atoms with Gasteiger partial charge in [0.1, 0.15) is 11.6 Å². The van der Waals surface area contributed by atoms with E-state index in [0.717, 1.165) is 0 Å². The maximum atomic E-state index is 13.3. The molecule has 0 saturated carbocycles. The summed E-state index contributed by atoms with van der Waals surface area (Å²) in [5, 5.41) is 0. The van der Waals surface area contributed by atoms with E-state index in [1.807, 2.05) is 0 Å². The quantitative estimate of drug-likeness (QED) is 0.847. The second-order valence-corrected chi connectivity index (χ2v) is 6.34. The summed E-state index contributed by atoms with van der Waals surface area (Å²) in [5.74, 6) is -0.982. The maximum Gasteiger partial charge on any atom is 0.253 e. The Morgan fingerprint density at radius 1 is 0.846 bits per heavy atom. The van der Waals surface area contributed by atoms with Gasteiger partial charge in [-0.25, -0.2) is 8.78 Å². The van der Waals surface area contributed by atoms with Crippen LogP contribution in [0.15, 0.2) is 48.5 Å². The molecule has 0 bridgehead atoms. The third-order valence-electron chi connectivity index (χ3n) is 4.47. The van der Waals surface area contributed by atoms with Crippen LogP contribution in [0.25, 0.3) is 0 Å². The molecule has 0 atom stereocenters. The second kappa shape index (κ2) is 8.08. The monoisotopic (exact) mass is 358 g/mol. The van der Waals surface area contributed by atoms with Crippen molar-refractivity contribution in [2.75, 3.05) is 26.2 Å². The van der Waals surface area contributed by atoms with Crippen LogP contribution in [0.5, 0.6) is 0 Å². The van der Waals surface area contributed by atoms with E-state index in [4.69, 9.17) is 0 Å². The summed E-state index contributed by atoms with van der Waals surface area (Å²) in [6.45, 7) is 1.95. The maximum absolute atomic E-state index is 13.3. The molecular weight excluding hydrogens is 338 g/mol. The van der Waals surface area contributed by atoms with Crippen LogP contribution in [-0.2, 0) is 11.2 Å². The van der Waals surface area contributed by atoms with Gasteiger partial charge in [-0.15, -0.1) is 0 Å². The highest BCUT2D eigenvalue weighted by Crippen LogP contribution is 2.12. The van der Waals surface area contributed by atoms with Crippen molar-refractivity contribution in [2.24, 2.45) is 0 Å². The molecule has 0 N–H and O–H groups in total. The molecule has 0 unspecified atom stereocenters. The Kier molecular flexibility index (Phi) is 5.61. The van der Waals surface area contributed by atoms with Gasteiger partial charge in [-0.1, -0.05) is 12.1 Å². The molecule has 1 saturated heterocycles. The molecule has 136 valence electrons. The van der Waals surface area contributed by atoms with E-state index in [-0.39, 0.29) is 29.9 Å². The zero-order valence-electron chi connectivity index (χ0n) is 14.3. The largest absolute Gasteiger partial charge is 0.341 e. The lowest BCUT2D eigenvalue weighted by atomic mass is 10.1. The number of carbonyl (C=O) groups excluding carboxylic acids is 2. The Bertz CT molecular complexity index is 793. The molecule has 0 spiro atoms. The molecule has 2 aromatic rings. The third kappa shape index (κ3) is 4.45. The Labute approximate surface area is 151 Å². The van der Waals surface area contributed by atoms with E-state index in [9.17, 15) is 18.4 Å².